The summed E-state index contributed by atoms with van der Waals surface area (Å²) < 4.78 is 0. The fraction of sp³-hybridized carbons (Fsp3) is 0.462. The third kappa shape index (κ3) is 2.57. The highest BCUT2D eigenvalue weighted by Crippen LogP contribution is 2.33. The number of hydrogen-bond donors (Lipinski definition) is 1. The summed E-state index contributed by atoms with van der Waals surface area (Å²) in [6.45, 7) is 2.11. The Hall–Kier alpha value is -1.33. The highest BCUT2D eigenvalue weighted by atomic mass is 15.0. The van der Waals surface area contributed by atoms with Crippen LogP contribution in [-0.2, 0) is 0 Å². The van der Waals surface area contributed by atoms with Crippen molar-refractivity contribution in [2.24, 2.45) is 5.92 Å². The molecule has 1 N–H and O–H groups in total. The number of hydrogen-bond acceptors (Lipinski definition) is 2. The normalized spacial score (nSPS) is 19.2. The molecule has 0 radical (unpaired) electrons. The monoisotopic (exact) mass is 200 g/mol. The standard InChI is InChI=1S/C13H16N2/c1-10(11-5-3-2-4-6-11)15-13(9-14)12-7-8-12/h2-6,10,12-13,15H,7-8H2,1H3/t10-,13+/m0/s1. The van der Waals surface area contributed by atoms with E-state index in [9.17, 15) is 0 Å². The van der Waals surface area contributed by atoms with Crippen molar-refractivity contribution in [3.63, 3.8) is 0 Å². The second kappa shape index (κ2) is 4.46. The summed E-state index contributed by atoms with van der Waals surface area (Å²) in [7, 11) is 0. The lowest BCUT2D eigenvalue weighted by Crippen LogP contribution is -2.31. The Morgan fingerprint density at radius 3 is 2.53 bits per heavy atom. The van der Waals surface area contributed by atoms with E-state index in [0.29, 0.717) is 5.92 Å². The van der Waals surface area contributed by atoms with Gasteiger partial charge in [-0.05, 0) is 31.2 Å². The molecule has 78 valence electrons. The molecule has 1 aromatic carbocycles. The van der Waals surface area contributed by atoms with E-state index in [0.717, 1.165) is 0 Å². The number of benzene rings is 1. The van der Waals surface area contributed by atoms with E-state index in [1.807, 2.05) is 18.2 Å². The lowest BCUT2D eigenvalue weighted by Gasteiger charge is -2.18. The lowest BCUT2D eigenvalue weighted by atomic mass is 10.1. The van der Waals surface area contributed by atoms with E-state index in [2.05, 4.69) is 30.4 Å². The largest absolute Gasteiger partial charge is 0.295 e. The Balaban J connectivity index is 1.97. The molecular formula is C13H16N2. The summed E-state index contributed by atoms with van der Waals surface area (Å²) in [6, 6.07) is 12.9. The first-order valence-electron chi connectivity index (χ1n) is 5.52. The zero-order valence-corrected chi connectivity index (χ0v) is 8.98. The van der Waals surface area contributed by atoms with E-state index in [4.69, 9.17) is 5.26 Å². The van der Waals surface area contributed by atoms with Gasteiger partial charge in [0.05, 0.1) is 12.1 Å². The molecule has 2 heteroatoms. The van der Waals surface area contributed by atoms with Gasteiger partial charge in [0.2, 0.25) is 0 Å². The minimum absolute atomic E-state index is 0.0280. The third-order valence-electron chi connectivity index (χ3n) is 2.96. The van der Waals surface area contributed by atoms with Gasteiger partial charge in [0, 0.05) is 6.04 Å². The van der Waals surface area contributed by atoms with E-state index in [1.165, 1.54) is 18.4 Å². The van der Waals surface area contributed by atoms with E-state index >= 15 is 0 Å². The van der Waals surface area contributed by atoms with Gasteiger partial charge in [0.25, 0.3) is 0 Å². The molecule has 0 saturated heterocycles. The summed E-state index contributed by atoms with van der Waals surface area (Å²) in [5.41, 5.74) is 1.25. The van der Waals surface area contributed by atoms with Crippen LogP contribution in [0.5, 0.6) is 0 Å². The predicted octanol–water partition coefficient (Wildman–Crippen LogP) is 2.64. The van der Waals surface area contributed by atoms with Gasteiger partial charge in [-0.2, -0.15) is 5.26 Å². The molecule has 1 saturated carbocycles. The molecule has 2 nitrogen and oxygen atoms in total. The third-order valence-corrected chi connectivity index (χ3v) is 2.96. The van der Waals surface area contributed by atoms with Gasteiger partial charge in [-0.3, -0.25) is 5.32 Å². The first-order valence-corrected chi connectivity index (χ1v) is 5.52. The molecule has 0 spiro atoms. The zero-order valence-electron chi connectivity index (χ0n) is 8.98. The van der Waals surface area contributed by atoms with Crippen LogP contribution < -0.4 is 5.32 Å². The average molecular weight is 200 g/mol. The van der Waals surface area contributed by atoms with Crippen molar-refractivity contribution in [1.82, 2.24) is 5.32 Å². The van der Waals surface area contributed by atoms with Crippen LogP contribution >= 0.6 is 0 Å². The molecular weight excluding hydrogens is 184 g/mol. The van der Waals surface area contributed by atoms with Gasteiger partial charge in [-0.1, -0.05) is 30.3 Å². The molecule has 2 atom stereocenters. The van der Waals surface area contributed by atoms with Gasteiger partial charge >= 0.3 is 0 Å². The molecule has 0 aliphatic heterocycles. The maximum absolute atomic E-state index is 9.02. The van der Waals surface area contributed by atoms with E-state index in [1.54, 1.807) is 0 Å². The molecule has 0 unspecified atom stereocenters. The zero-order chi connectivity index (χ0) is 10.7. The van der Waals surface area contributed by atoms with E-state index in [-0.39, 0.29) is 12.1 Å². The summed E-state index contributed by atoms with van der Waals surface area (Å²) in [5.74, 6) is 0.584. The number of nitrogens with zero attached hydrogens (tertiary/aromatic N) is 1. The second-order valence-corrected chi connectivity index (χ2v) is 4.24. The first-order chi connectivity index (χ1) is 7.31. The van der Waals surface area contributed by atoms with Gasteiger partial charge in [-0.25, -0.2) is 0 Å². The van der Waals surface area contributed by atoms with E-state index < -0.39 is 0 Å². The number of nitrogens with one attached hydrogen (secondary N) is 1. The minimum Gasteiger partial charge on any atom is -0.295 e. The van der Waals surface area contributed by atoms with Crippen molar-refractivity contribution < 1.29 is 0 Å². The molecule has 0 amide bonds. The Kier molecular flexibility index (Phi) is 3.03. The fourth-order valence-electron chi connectivity index (χ4n) is 1.82. The lowest BCUT2D eigenvalue weighted by molar-refractivity contribution is 0.482. The maximum Gasteiger partial charge on any atom is 0.0986 e. The smallest absolute Gasteiger partial charge is 0.0986 e. The van der Waals surface area contributed by atoms with Crippen LogP contribution in [-0.4, -0.2) is 6.04 Å². The molecule has 2 rings (SSSR count). The van der Waals surface area contributed by atoms with Crippen molar-refractivity contribution in [1.29, 1.82) is 5.26 Å². The number of nitriles is 1. The second-order valence-electron chi connectivity index (χ2n) is 4.24. The summed E-state index contributed by atoms with van der Waals surface area (Å²) in [6.07, 6.45) is 2.40. The van der Waals surface area contributed by atoms with Crippen molar-refractivity contribution >= 4 is 0 Å². The van der Waals surface area contributed by atoms with Crippen molar-refractivity contribution in [3.05, 3.63) is 35.9 Å². The summed E-state index contributed by atoms with van der Waals surface area (Å²) in [4.78, 5) is 0. The topological polar surface area (TPSA) is 35.8 Å². The highest BCUT2D eigenvalue weighted by molar-refractivity contribution is 5.19. The van der Waals surface area contributed by atoms with Crippen molar-refractivity contribution in [2.45, 2.75) is 31.8 Å². The Morgan fingerprint density at radius 1 is 1.33 bits per heavy atom. The molecule has 0 heterocycles. The minimum atomic E-state index is 0.0280. The molecule has 1 aliphatic rings. The van der Waals surface area contributed by atoms with Crippen LogP contribution in [0.15, 0.2) is 30.3 Å². The molecule has 1 aliphatic carbocycles. The van der Waals surface area contributed by atoms with Crippen molar-refractivity contribution in [2.75, 3.05) is 0 Å². The highest BCUT2D eigenvalue weighted by Gasteiger charge is 2.31. The number of rotatable bonds is 4. The average Bonchev–Trinajstić information content (AvgIpc) is 3.10. The van der Waals surface area contributed by atoms with Crippen LogP contribution in [0.3, 0.4) is 0 Å². The Morgan fingerprint density at radius 2 is 2.00 bits per heavy atom. The molecule has 0 aromatic heterocycles. The van der Waals surface area contributed by atoms with Crippen molar-refractivity contribution in [3.8, 4) is 6.07 Å². The predicted molar refractivity (Wildman–Crippen MR) is 60.1 cm³/mol. The van der Waals surface area contributed by atoms with Crippen LogP contribution in [0.1, 0.15) is 31.4 Å². The Labute approximate surface area is 90.9 Å². The first kappa shape index (κ1) is 10.2. The quantitative estimate of drug-likeness (QED) is 0.811. The van der Waals surface area contributed by atoms with Crippen LogP contribution in [0.4, 0.5) is 0 Å². The van der Waals surface area contributed by atoms with Gasteiger partial charge in [0.1, 0.15) is 0 Å². The maximum atomic E-state index is 9.02. The summed E-state index contributed by atoms with van der Waals surface area (Å²) in [5, 5.41) is 12.4. The Bertz CT molecular complexity index is 349. The molecule has 1 fully saturated rings. The summed E-state index contributed by atoms with van der Waals surface area (Å²) >= 11 is 0. The van der Waals surface area contributed by atoms with Crippen LogP contribution in [0.25, 0.3) is 0 Å². The fourth-order valence-corrected chi connectivity index (χ4v) is 1.82. The van der Waals surface area contributed by atoms with Gasteiger partial charge in [-0.15, -0.1) is 0 Å². The SMILES string of the molecule is C[C@H](N[C@H](C#N)C1CC1)c1ccccc1. The van der Waals surface area contributed by atoms with Crippen LogP contribution in [0.2, 0.25) is 0 Å². The van der Waals surface area contributed by atoms with Gasteiger partial charge in [0.15, 0.2) is 0 Å². The van der Waals surface area contributed by atoms with Gasteiger partial charge < -0.3 is 0 Å². The molecule has 1 aromatic rings. The molecule has 15 heavy (non-hydrogen) atoms. The molecule has 0 bridgehead atoms. The van der Waals surface area contributed by atoms with Crippen LogP contribution in [0, 0.1) is 17.2 Å².